The highest BCUT2D eigenvalue weighted by molar-refractivity contribution is 9.10. The summed E-state index contributed by atoms with van der Waals surface area (Å²) in [4.78, 5) is 0. The topological polar surface area (TPSA) is 46.2 Å². The molecule has 0 spiro atoms. The van der Waals surface area contributed by atoms with Crippen LogP contribution < -0.4 is 5.73 Å². The molecule has 1 aromatic rings. The highest BCUT2D eigenvalue weighted by atomic mass is 79.9. The van der Waals surface area contributed by atoms with Crippen molar-refractivity contribution in [3.8, 4) is 0 Å². The Morgan fingerprint density at radius 2 is 2.31 bits per heavy atom. The molecule has 0 radical (unpaired) electrons. The summed E-state index contributed by atoms with van der Waals surface area (Å²) in [7, 11) is 0. The lowest BCUT2D eigenvalue weighted by Gasteiger charge is -2.22. The zero-order valence-corrected chi connectivity index (χ0v) is 10.5. The van der Waals surface area contributed by atoms with Crippen LogP contribution in [0.1, 0.15) is 24.8 Å². The molecule has 2 atom stereocenters. The fourth-order valence-electron chi connectivity index (χ4n) is 2.34. The Bertz CT molecular complexity index is 399. The first-order valence-electron chi connectivity index (χ1n) is 5.40. The molecule has 0 amide bonds. The van der Waals surface area contributed by atoms with Crippen molar-refractivity contribution in [2.75, 3.05) is 0 Å². The van der Waals surface area contributed by atoms with Gasteiger partial charge in [0.15, 0.2) is 0 Å². The average Bonchev–Trinajstić information content (AvgIpc) is 2.52. The molecule has 0 bridgehead atoms. The van der Waals surface area contributed by atoms with Gasteiger partial charge in [-0.2, -0.15) is 0 Å². The third-order valence-corrected chi connectivity index (χ3v) is 3.75. The van der Waals surface area contributed by atoms with Crippen molar-refractivity contribution in [1.82, 2.24) is 0 Å². The lowest BCUT2D eigenvalue weighted by Crippen LogP contribution is -2.30. The van der Waals surface area contributed by atoms with Crippen molar-refractivity contribution in [2.45, 2.75) is 37.3 Å². The summed E-state index contributed by atoms with van der Waals surface area (Å²) in [5.41, 5.74) is 6.01. The molecule has 2 nitrogen and oxygen atoms in total. The third-order valence-electron chi connectivity index (χ3n) is 3.14. The largest absolute Gasteiger partial charge is 0.389 e. The first-order valence-corrected chi connectivity index (χ1v) is 6.20. The van der Waals surface area contributed by atoms with Crippen molar-refractivity contribution in [3.63, 3.8) is 0 Å². The van der Waals surface area contributed by atoms with E-state index in [2.05, 4.69) is 15.9 Å². The molecule has 1 aliphatic rings. The van der Waals surface area contributed by atoms with E-state index < -0.39 is 5.60 Å². The fraction of sp³-hybridized carbons (Fsp3) is 0.500. The van der Waals surface area contributed by atoms with E-state index in [4.69, 9.17) is 5.73 Å². The quantitative estimate of drug-likeness (QED) is 0.877. The Kier molecular flexibility index (Phi) is 3.33. The molecule has 1 aromatic carbocycles. The number of aliphatic hydroxyl groups is 1. The average molecular weight is 288 g/mol. The van der Waals surface area contributed by atoms with Crippen LogP contribution in [0.5, 0.6) is 0 Å². The van der Waals surface area contributed by atoms with Crippen LogP contribution in [-0.2, 0) is 6.42 Å². The lowest BCUT2D eigenvalue weighted by atomic mass is 9.93. The van der Waals surface area contributed by atoms with E-state index in [1.54, 1.807) is 12.1 Å². The maximum atomic E-state index is 13.0. The van der Waals surface area contributed by atoms with Crippen LogP contribution in [0.15, 0.2) is 22.7 Å². The van der Waals surface area contributed by atoms with Crippen LogP contribution in [0, 0.1) is 5.82 Å². The molecule has 1 fully saturated rings. The summed E-state index contributed by atoms with van der Waals surface area (Å²) in [5.74, 6) is -0.279. The molecular weight excluding hydrogens is 273 g/mol. The van der Waals surface area contributed by atoms with E-state index in [0.717, 1.165) is 18.4 Å². The van der Waals surface area contributed by atoms with E-state index in [1.165, 1.54) is 6.07 Å². The summed E-state index contributed by atoms with van der Waals surface area (Å²) in [6, 6.07) is 4.94. The second-order valence-corrected chi connectivity index (χ2v) is 5.51. The number of hydrogen-bond donors (Lipinski definition) is 2. The van der Waals surface area contributed by atoms with Gasteiger partial charge in [-0.05, 0) is 52.9 Å². The number of hydrogen-bond acceptors (Lipinski definition) is 2. The molecule has 1 aliphatic carbocycles. The van der Waals surface area contributed by atoms with Gasteiger partial charge in [0.2, 0.25) is 0 Å². The van der Waals surface area contributed by atoms with Gasteiger partial charge < -0.3 is 10.8 Å². The minimum absolute atomic E-state index is 0.0916. The van der Waals surface area contributed by atoms with Crippen molar-refractivity contribution in [1.29, 1.82) is 0 Å². The molecule has 2 unspecified atom stereocenters. The van der Waals surface area contributed by atoms with Crippen LogP contribution in [0.2, 0.25) is 0 Å². The van der Waals surface area contributed by atoms with Crippen LogP contribution in [0.25, 0.3) is 0 Å². The highest BCUT2D eigenvalue weighted by Gasteiger charge is 2.35. The SMILES string of the molecule is NC1CCC(O)(Cc2ccc(F)c(Br)c2)C1. The zero-order chi connectivity index (χ0) is 11.8. The predicted octanol–water partition coefficient (Wildman–Crippen LogP) is 2.37. The van der Waals surface area contributed by atoms with Crippen molar-refractivity contribution in [2.24, 2.45) is 5.73 Å². The van der Waals surface area contributed by atoms with Gasteiger partial charge in [0.1, 0.15) is 5.82 Å². The van der Waals surface area contributed by atoms with Crippen LogP contribution in [-0.4, -0.2) is 16.7 Å². The number of halogens is 2. The number of benzene rings is 1. The highest BCUT2D eigenvalue weighted by Crippen LogP contribution is 2.32. The first kappa shape index (κ1) is 12.0. The molecule has 4 heteroatoms. The molecule has 3 N–H and O–H groups in total. The van der Waals surface area contributed by atoms with Gasteiger partial charge in [-0.3, -0.25) is 0 Å². The molecule has 16 heavy (non-hydrogen) atoms. The van der Waals surface area contributed by atoms with Gasteiger partial charge in [0, 0.05) is 12.5 Å². The molecular formula is C12H15BrFNO. The van der Waals surface area contributed by atoms with Crippen molar-refractivity contribution < 1.29 is 9.50 Å². The minimum Gasteiger partial charge on any atom is -0.389 e. The Morgan fingerprint density at radius 3 is 2.88 bits per heavy atom. The van der Waals surface area contributed by atoms with Crippen LogP contribution in [0.3, 0.4) is 0 Å². The van der Waals surface area contributed by atoms with Crippen molar-refractivity contribution >= 4 is 15.9 Å². The Hall–Kier alpha value is -0.450. The zero-order valence-electron chi connectivity index (χ0n) is 8.92. The van der Waals surface area contributed by atoms with Gasteiger partial charge in [0.25, 0.3) is 0 Å². The van der Waals surface area contributed by atoms with Gasteiger partial charge >= 0.3 is 0 Å². The predicted molar refractivity (Wildman–Crippen MR) is 64.6 cm³/mol. The second kappa shape index (κ2) is 4.43. The molecule has 2 rings (SSSR count). The van der Waals surface area contributed by atoms with E-state index in [9.17, 15) is 9.50 Å². The smallest absolute Gasteiger partial charge is 0.137 e. The Morgan fingerprint density at radius 1 is 1.56 bits per heavy atom. The molecule has 0 heterocycles. The van der Waals surface area contributed by atoms with Gasteiger partial charge in [-0.25, -0.2) is 4.39 Å². The maximum Gasteiger partial charge on any atom is 0.137 e. The van der Waals surface area contributed by atoms with Crippen LogP contribution in [0.4, 0.5) is 4.39 Å². The standard InChI is InChI=1S/C12H15BrFNO/c13-10-5-8(1-2-11(10)14)6-12(16)4-3-9(15)7-12/h1-2,5,9,16H,3-4,6-7,15H2. The van der Waals surface area contributed by atoms with E-state index in [-0.39, 0.29) is 11.9 Å². The summed E-state index contributed by atoms with van der Waals surface area (Å²) >= 11 is 3.14. The van der Waals surface area contributed by atoms with Gasteiger partial charge in [0.05, 0.1) is 10.1 Å². The summed E-state index contributed by atoms with van der Waals surface area (Å²) < 4.78 is 13.5. The van der Waals surface area contributed by atoms with E-state index in [1.807, 2.05) is 0 Å². The molecule has 0 aliphatic heterocycles. The Balaban J connectivity index is 2.12. The van der Waals surface area contributed by atoms with E-state index in [0.29, 0.717) is 17.3 Å². The normalized spacial score (nSPS) is 29.6. The second-order valence-electron chi connectivity index (χ2n) is 4.65. The lowest BCUT2D eigenvalue weighted by molar-refractivity contribution is 0.0468. The number of nitrogens with two attached hydrogens (primary N) is 1. The third kappa shape index (κ3) is 2.62. The summed E-state index contributed by atoms with van der Waals surface area (Å²) in [5, 5.41) is 10.3. The monoisotopic (exact) mass is 287 g/mol. The first-order chi connectivity index (χ1) is 7.48. The molecule has 88 valence electrons. The molecule has 0 saturated heterocycles. The molecule has 1 saturated carbocycles. The van der Waals surface area contributed by atoms with Gasteiger partial charge in [-0.1, -0.05) is 6.07 Å². The summed E-state index contributed by atoms with van der Waals surface area (Å²) in [6.07, 6.45) is 2.75. The van der Waals surface area contributed by atoms with Gasteiger partial charge in [-0.15, -0.1) is 0 Å². The van der Waals surface area contributed by atoms with Crippen molar-refractivity contribution in [3.05, 3.63) is 34.1 Å². The van der Waals surface area contributed by atoms with E-state index >= 15 is 0 Å². The summed E-state index contributed by atoms with van der Waals surface area (Å²) in [6.45, 7) is 0. The fourth-order valence-corrected chi connectivity index (χ4v) is 2.76. The Labute approximate surface area is 103 Å². The molecule has 0 aromatic heterocycles. The maximum absolute atomic E-state index is 13.0. The van der Waals surface area contributed by atoms with Crippen LogP contribution >= 0.6 is 15.9 Å². The minimum atomic E-state index is -0.712. The number of rotatable bonds is 2.